The molecule has 4 nitrogen and oxygen atoms in total. The molecule has 1 aromatic heterocycles. The van der Waals surface area contributed by atoms with Gasteiger partial charge in [0.25, 0.3) is 6.71 Å². The minimum Gasteiger partial charge on any atom is -0.311 e. The SMILES string of the molecule is CC(C)(C)c1cc(-c2cccc(N3c4cc(-n5c6ccccc6c6ccccc65)ccc4B4c5cc(-c6ccccc6)cc6c5N(c5ccc(-c7ccccc7)cc5-c5ccccc5-6)c5cc(N(c6ccccc6)c6ccccc6)cc3c54)c2)cc(C(C)(C)C)c1. The van der Waals surface area contributed by atoms with E-state index in [1.807, 2.05) is 0 Å². The van der Waals surface area contributed by atoms with Gasteiger partial charge in [0.2, 0.25) is 0 Å². The summed E-state index contributed by atoms with van der Waals surface area (Å²) in [5.74, 6) is 0. The molecule has 14 aromatic rings. The molecule has 4 heterocycles. The highest BCUT2D eigenvalue weighted by atomic mass is 15.2. The zero-order chi connectivity index (χ0) is 61.3. The summed E-state index contributed by atoms with van der Waals surface area (Å²) in [5.41, 5.74) is 31.7. The first-order valence-corrected chi connectivity index (χ1v) is 32.0. The predicted octanol–water partition coefficient (Wildman–Crippen LogP) is 21.6. The van der Waals surface area contributed by atoms with Crippen molar-refractivity contribution in [1.82, 2.24) is 4.57 Å². The summed E-state index contributed by atoms with van der Waals surface area (Å²) in [6, 6.07) is 112. The van der Waals surface area contributed by atoms with Crippen LogP contribution < -0.4 is 31.1 Å². The molecular weight excluding hydrogens is 1100 g/mol. The number of rotatable bonds is 8. The number of anilines is 9. The molecule has 3 aliphatic heterocycles. The summed E-state index contributed by atoms with van der Waals surface area (Å²) in [6.07, 6.45) is 0. The first kappa shape index (κ1) is 54.3. The molecule has 0 atom stereocenters. The first-order valence-electron chi connectivity index (χ1n) is 32.0. The number of para-hydroxylation sites is 4. The fraction of sp³-hybridized carbons (Fsp3) is 0.0930. The molecule has 0 amide bonds. The Balaban J connectivity index is 1.03. The molecule has 0 bridgehead atoms. The Labute approximate surface area is 534 Å². The fourth-order valence-electron chi connectivity index (χ4n) is 14.9. The highest BCUT2D eigenvalue weighted by Gasteiger charge is 2.47. The third kappa shape index (κ3) is 8.89. The van der Waals surface area contributed by atoms with Crippen LogP contribution >= 0.6 is 0 Å². The van der Waals surface area contributed by atoms with Gasteiger partial charge in [-0.05, 0) is 174 Å². The average molecular weight is 1170 g/mol. The lowest BCUT2D eigenvalue weighted by Crippen LogP contribution is -2.61. The lowest BCUT2D eigenvalue weighted by atomic mass is 9.33. The quantitative estimate of drug-likeness (QED) is 0.141. The van der Waals surface area contributed by atoms with Crippen molar-refractivity contribution in [1.29, 1.82) is 0 Å². The predicted molar refractivity (Wildman–Crippen MR) is 388 cm³/mol. The van der Waals surface area contributed by atoms with Crippen molar-refractivity contribution in [2.45, 2.75) is 52.4 Å². The summed E-state index contributed by atoms with van der Waals surface area (Å²) >= 11 is 0. The number of fused-ring (bicyclic) bond motifs is 12. The van der Waals surface area contributed by atoms with E-state index in [1.165, 1.54) is 111 Å². The Morgan fingerprint density at radius 1 is 0.297 bits per heavy atom. The van der Waals surface area contributed by atoms with Crippen LogP contribution in [0, 0.1) is 0 Å². The van der Waals surface area contributed by atoms with Crippen LogP contribution in [0.5, 0.6) is 0 Å². The van der Waals surface area contributed by atoms with Gasteiger partial charge in [0.15, 0.2) is 0 Å². The van der Waals surface area contributed by atoms with Crippen molar-refractivity contribution in [3.05, 3.63) is 308 Å². The summed E-state index contributed by atoms with van der Waals surface area (Å²) < 4.78 is 2.48. The van der Waals surface area contributed by atoms with Gasteiger partial charge in [0, 0.05) is 67.4 Å². The standard InChI is InChI=1S/C86H67BN4/c1-85(2,3)62-46-60(47-63(52-62)86(4,5)6)58-30-25-35-66(48-58)90-80-53-67(89-77-40-23-21-38-71(77)72-39-22-24-41-78(72)89)43-44-75(80)87-76-51-61(57-28-13-8-14-29-57)50-74-70-37-20-19-36-69(70)73-49-59(56-26-11-7-12-27-56)42-45-79(73)91(84(74)76)82-55-68(54-81(90)83(82)87)88(64-31-15-9-16-32-64)65-33-17-10-18-34-65/h7-55H,1-6H3. The van der Waals surface area contributed by atoms with Crippen molar-refractivity contribution in [2.24, 2.45) is 0 Å². The topological polar surface area (TPSA) is 14.7 Å². The van der Waals surface area contributed by atoms with Crippen molar-refractivity contribution in [2.75, 3.05) is 14.7 Å². The number of aromatic nitrogens is 1. The third-order valence-electron chi connectivity index (χ3n) is 19.3. The first-order chi connectivity index (χ1) is 44.4. The van der Waals surface area contributed by atoms with Crippen molar-refractivity contribution in [3.8, 4) is 61.3 Å². The van der Waals surface area contributed by atoms with E-state index >= 15 is 0 Å². The van der Waals surface area contributed by atoms with Crippen LogP contribution in [-0.4, -0.2) is 11.3 Å². The molecule has 0 fully saturated rings. The summed E-state index contributed by atoms with van der Waals surface area (Å²) in [6.45, 7) is 13.8. The second-order valence-corrected chi connectivity index (χ2v) is 26.9. The van der Waals surface area contributed by atoms with Crippen molar-refractivity contribution in [3.63, 3.8) is 0 Å². The van der Waals surface area contributed by atoms with E-state index in [0.29, 0.717) is 0 Å². The van der Waals surface area contributed by atoms with Crippen LogP contribution in [0.1, 0.15) is 52.7 Å². The maximum absolute atomic E-state index is 2.66. The molecule has 0 radical (unpaired) electrons. The van der Waals surface area contributed by atoms with Crippen LogP contribution in [0.3, 0.4) is 0 Å². The van der Waals surface area contributed by atoms with E-state index in [4.69, 9.17) is 0 Å². The number of nitrogens with zero attached hydrogens (tertiary/aromatic N) is 4. The van der Waals surface area contributed by atoms with Crippen LogP contribution in [0.2, 0.25) is 0 Å². The molecule has 13 aromatic carbocycles. The lowest BCUT2D eigenvalue weighted by Gasteiger charge is -2.45. The van der Waals surface area contributed by atoms with E-state index in [-0.39, 0.29) is 17.5 Å². The Kier molecular flexibility index (Phi) is 12.5. The lowest BCUT2D eigenvalue weighted by molar-refractivity contribution is 0.569. The molecule has 0 N–H and O–H groups in total. The minimum absolute atomic E-state index is 0.0620. The molecular formula is C86H67BN4. The fourth-order valence-corrected chi connectivity index (χ4v) is 14.9. The van der Waals surface area contributed by atoms with Gasteiger partial charge in [0.05, 0.1) is 22.4 Å². The van der Waals surface area contributed by atoms with Crippen molar-refractivity contribution >= 4 is 96.1 Å². The molecule has 91 heavy (non-hydrogen) atoms. The van der Waals surface area contributed by atoms with Gasteiger partial charge >= 0.3 is 0 Å². The monoisotopic (exact) mass is 1170 g/mol. The van der Waals surface area contributed by atoms with Gasteiger partial charge in [0.1, 0.15) is 0 Å². The zero-order valence-electron chi connectivity index (χ0n) is 52.2. The Bertz CT molecular complexity index is 5080. The molecule has 0 spiro atoms. The van der Waals surface area contributed by atoms with Gasteiger partial charge < -0.3 is 19.3 Å². The van der Waals surface area contributed by atoms with E-state index in [1.54, 1.807) is 0 Å². The zero-order valence-corrected chi connectivity index (χ0v) is 52.2. The van der Waals surface area contributed by atoms with Crippen LogP contribution in [0.25, 0.3) is 83.1 Å². The number of benzene rings is 13. The Morgan fingerprint density at radius 2 is 0.802 bits per heavy atom. The van der Waals surface area contributed by atoms with Gasteiger partial charge in [-0.25, -0.2) is 0 Å². The molecule has 17 rings (SSSR count). The molecule has 5 heteroatoms. The highest BCUT2D eigenvalue weighted by Crippen LogP contribution is 2.56. The van der Waals surface area contributed by atoms with E-state index in [2.05, 4.69) is 358 Å². The summed E-state index contributed by atoms with van der Waals surface area (Å²) in [5, 5.41) is 2.47. The van der Waals surface area contributed by atoms with E-state index in [0.717, 1.165) is 51.2 Å². The number of hydrogen-bond donors (Lipinski definition) is 0. The van der Waals surface area contributed by atoms with E-state index in [9.17, 15) is 0 Å². The highest BCUT2D eigenvalue weighted by molar-refractivity contribution is 7.00. The van der Waals surface area contributed by atoms with Crippen LogP contribution in [0.4, 0.5) is 51.2 Å². The van der Waals surface area contributed by atoms with Crippen LogP contribution in [0.15, 0.2) is 297 Å². The van der Waals surface area contributed by atoms with Crippen LogP contribution in [-0.2, 0) is 10.8 Å². The molecule has 0 unspecified atom stereocenters. The largest absolute Gasteiger partial charge is 0.311 e. The van der Waals surface area contributed by atoms with Gasteiger partial charge in [-0.2, -0.15) is 0 Å². The smallest absolute Gasteiger partial charge is 0.252 e. The minimum atomic E-state index is -0.202. The third-order valence-corrected chi connectivity index (χ3v) is 19.3. The normalized spacial score (nSPS) is 12.9. The van der Waals surface area contributed by atoms with Gasteiger partial charge in [-0.1, -0.05) is 248 Å². The Morgan fingerprint density at radius 3 is 1.42 bits per heavy atom. The van der Waals surface area contributed by atoms with Gasteiger partial charge in [-0.15, -0.1) is 0 Å². The maximum atomic E-state index is 2.66. The van der Waals surface area contributed by atoms with Gasteiger partial charge in [-0.3, -0.25) is 0 Å². The second-order valence-electron chi connectivity index (χ2n) is 26.9. The molecule has 0 saturated carbocycles. The Hall–Kier alpha value is -10.9. The average Bonchev–Trinajstić information content (AvgIpc) is 1.66. The molecule has 3 aliphatic rings. The molecule has 0 saturated heterocycles. The van der Waals surface area contributed by atoms with E-state index < -0.39 is 0 Å². The molecule has 0 aliphatic carbocycles. The maximum Gasteiger partial charge on any atom is 0.252 e. The molecule has 434 valence electrons. The second kappa shape index (κ2) is 20.9. The number of hydrogen-bond acceptors (Lipinski definition) is 3. The summed E-state index contributed by atoms with van der Waals surface area (Å²) in [4.78, 5) is 7.74. The summed E-state index contributed by atoms with van der Waals surface area (Å²) in [7, 11) is 0. The van der Waals surface area contributed by atoms with Crippen molar-refractivity contribution < 1.29 is 0 Å².